The van der Waals surface area contributed by atoms with Crippen molar-refractivity contribution in [3.8, 4) is 0 Å². The number of nitrogens with two attached hydrogens (primary N) is 1. The lowest BCUT2D eigenvalue weighted by Gasteiger charge is -2.35. The van der Waals surface area contributed by atoms with Gasteiger partial charge in [-0.15, -0.1) is 0 Å². The van der Waals surface area contributed by atoms with Crippen LogP contribution < -0.4 is 10.6 Å². The highest BCUT2D eigenvalue weighted by Gasteiger charge is 2.19. The Morgan fingerprint density at radius 2 is 1.90 bits per heavy atom. The normalized spacial score (nSPS) is 16.1. The molecule has 2 aromatic rings. The number of hydrogen-bond acceptors (Lipinski definition) is 4. The highest BCUT2D eigenvalue weighted by Crippen LogP contribution is 2.21. The van der Waals surface area contributed by atoms with Gasteiger partial charge in [-0.3, -0.25) is 4.90 Å². The van der Waals surface area contributed by atoms with Crippen LogP contribution in [0.1, 0.15) is 5.56 Å². The molecular formula is C16H19BrN4. The van der Waals surface area contributed by atoms with Crippen molar-refractivity contribution in [1.82, 2.24) is 9.88 Å². The molecule has 1 aliphatic rings. The van der Waals surface area contributed by atoms with E-state index in [1.807, 2.05) is 12.1 Å². The predicted molar refractivity (Wildman–Crippen MR) is 90.3 cm³/mol. The Hall–Kier alpha value is -1.59. The number of piperazine rings is 1. The molecule has 110 valence electrons. The molecule has 0 atom stereocenters. The molecule has 0 amide bonds. The molecule has 0 radical (unpaired) electrons. The number of pyridine rings is 1. The number of nitrogens with zero attached hydrogens (tertiary/aromatic N) is 3. The first-order valence-electron chi connectivity index (χ1n) is 7.14. The Bertz CT molecular complexity index is 609. The van der Waals surface area contributed by atoms with Gasteiger partial charge in [-0.05, 0) is 29.8 Å². The molecule has 1 aromatic heterocycles. The maximum absolute atomic E-state index is 6.00. The largest absolute Gasteiger partial charge is 0.396 e. The number of hydrogen-bond donors (Lipinski definition) is 1. The summed E-state index contributed by atoms with van der Waals surface area (Å²) in [4.78, 5) is 9.14. The minimum atomic E-state index is 0.762. The van der Waals surface area contributed by atoms with Crippen LogP contribution >= 0.6 is 15.9 Å². The molecule has 0 bridgehead atoms. The van der Waals surface area contributed by atoms with Gasteiger partial charge in [0.15, 0.2) is 5.82 Å². The van der Waals surface area contributed by atoms with Crippen molar-refractivity contribution in [2.24, 2.45) is 0 Å². The van der Waals surface area contributed by atoms with E-state index in [4.69, 9.17) is 5.73 Å². The fraction of sp³-hybridized carbons (Fsp3) is 0.312. The number of halogens is 1. The Morgan fingerprint density at radius 3 is 2.62 bits per heavy atom. The second-order valence-electron chi connectivity index (χ2n) is 5.31. The summed E-state index contributed by atoms with van der Waals surface area (Å²) >= 11 is 3.53. The lowest BCUT2D eigenvalue weighted by Crippen LogP contribution is -2.46. The van der Waals surface area contributed by atoms with Gasteiger partial charge in [0.25, 0.3) is 0 Å². The second-order valence-corrected chi connectivity index (χ2v) is 6.23. The van der Waals surface area contributed by atoms with E-state index in [-0.39, 0.29) is 0 Å². The van der Waals surface area contributed by atoms with Gasteiger partial charge >= 0.3 is 0 Å². The molecule has 1 saturated heterocycles. The van der Waals surface area contributed by atoms with Crippen molar-refractivity contribution in [3.63, 3.8) is 0 Å². The monoisotopic (exact) mass is 346 g/mol. The standard InChI is InChI=1S/C16H19BrN4/c17-14-4-1-3-13(11-14)12-20-7-9-21(10-8-20)16-15(18)5-2-6-19-16/h1-6,11H,7-10,12,18H2. The van der Waals surface area contributed by atoms with Crippen LogP contribution in [0.25, 0.3) is 0 Å². The van der Waals surface area contributed by atoms with Crippen LogP contribution in [0.4, 0.5) is 11.5 Å². The molecule has 5 heteroatoms. The molecule has 0 unspecified atom stereocenters. The number of aromatic nitrogens is 1. The Morgan fingerprint density at radius 1 is 1.10 bits per heavy atom. The minimum absolute atomic E-state index is 0.762. The van der Waals surface area contributed by atoms with Crippen molar-refractivity contribution < 1.29 is 0 Å². The molecular weight excluding hydrogens is 328 g/mol. The predicted octanol–water partition coefficient (Wildman–Crippen LogP) is 2.75. The van der Waals surface area contributed by atoms with Crippen molar-refractivity contribution >= 4 is 27.4 Å². The lowest BCUT2D eigenvalue weighted by molar-refractivity contribution is 0.249. The summed E-state index contributed by atoms with van der Waals surface area (Å²) in [6, 6.07) is 12.3. The number of rotatable bonds is 3. The van der Waals surface area contributed by atoms with Crippen LogP contribution in [0.3, 0.4) is 0 Å². The number of nitrogen functional groups attached to an aromatic ring is 1. The van der Waals surface area contributed by atoms with Gasteiger partial charge < -0.3 is 10.6 Å². The molecule has 0 spiro atoms. The SMILES string of the molecule is Nc1cccnc1N1CCN(Cc2cccc(Br)c2)CC1. The van der Waals surface area contributed by atoms with Gasteiger partial charge in [-0.1, -0.05) is 28.1 Å². The molecule has 1 aliphatic heterocycles. The number of benzene rings is 1. The highest BCUT2D eigenvalue weighted by molar-refractivity contribution is 9.10. The Balaban J connectivity index is 1.59. The summed E-state index contributed by atoms with van der Waals surface area (Å²) in [5.41, 5.74) is 8.11. The van der Waals surface area contributed by atoms with Crippen LogP contribution in [0.15, 0.2) is 47.1 Å². The first-order valence-corrected chi connectivity index (χ1v) is 7.94. The number of anilines is 2. The van der Waals surface area contributed by atoms with Crippen LogP contribution in [-0.4, -0.2) is 36.1 Å². The van der Waals surface area contributed by atoms with Gasteiger partial charge in [-0.25, -0.2) is 4.98 Å². The molecule has 2 N–H and O–H groups in total. The van der Waals surface area contributed by atoms with E-state index in [9.17, 15) is 0 Å². The van der Waals surface area contributed by atoms with E-state index in [0.717, 1.165) is 48.7 Å². The van der Waals surface area contributed by atoms with Crippen LogP contribution in [0, 0.1) is 0 Å². The summed E-state index contributed by atoms with van der Waals surface area (Å²) in [6.07, 6.45) is 1.81. The summed E-state index contributed by atoms with van der Waals surface area (Å²) in [7, 11) is 0. The zero-order valence-electron chi connectivity index (χ0n) is 11.9. The molecule has 1 aromatic carbocycles. The average molecular weight is 347 g/mol. The van der Waals surface area contributed by atoms with Gasteiger partial charge in [-0.2, -0.15) is 0 Å². The van der Waals surface area contributed by atoms with Gasteiger partial charge in [0, 0.05) is 43.4 Å². The van der Waals surface area contributed by atoms with E-state index in [0.29, 0.717) is 0 Å². The third-order valence-corrected chi connectivity index (χ3v) is 4.28. The first kappa shape index (κ1) is 14.4. The molecule has 3 rings (SSSR count). The zero-order valence-corrected chi connectivity index (χ0v) is 13.5. The van der Waals surface area contributed by atoms with Gasteiger partial charge in [0.1, 0.15) is 0 Å². The maximum atomic E-state index is 6.00. The summed E-state index contributed by atoms with van der Waals surface area (Å²) in [5.74, 6) is 0.916. The molecule has 4 nitrogen and oxygen atoms in total. The Kier molecular flexibility index (Phi) is 4.41. The van der Waals surface area contributed by atoms with E-state index in [1.54, 1.807) is 6.20 Å². The summed E-state index contributed by atoms with van der Waals surface area (Å²) in [5, 5.41) is 0. The topological polar surface area (TPSA) is 45.4 Å². The minimum Gasteiger partial charge on any atom is -0.396 e. The molecule has 1 fully saturated rings. The van der Waals surface area contributed by atoms with Gasteiger partial charge in [0.05, 0.1) is 5.69 Å². The van der Waals surface area contributed by atoms with Crippen LogP contribution in [0.2, 0.25) is 0 Å². The first-order chi connectivity index (χ1) is 10.2. The van der Waals surface area contributed by atoms with Gasteiger partial charge in [0.2, 0.25) is 0 Å². The summed E-state index contributed by atoms with van der Waals surface area (Å²) < 4.78 is 1.14. The van der Waals surface area contributed by atoms with Crippen molar-refractivity contribution in [3.05, 3.63) is 52.6 Å². The van der Waals surface area contributed by atoms with Crippen LogP contribution in [-0.2, 0) is 6.54 Å². The molecule has 2 heterocycles. The summed E-state index contributed by atoms with van der Waals surface area (Å²) in [6.45, 7) is 4.99. The highest BCUT2D eigenvalue weighted by atomic mass is 79.9. The smallest absolute Gasteiger partial charge is 0.151 e. The van der Waals surface area contributed by atoms with Crippen molar-refractivity contribution in [2.75, 3.05) is 36.8 Å². The van der Waals surface area contributed by atoms with Crippen molar-refractivity contribution in [1.29, 1.82) is 0 Å². The van der Waals surface area contributed by atoms with E-state index in [2.05, 4.69) is 55.0 Å². The van der Waals surface area contributed by atoms with E-state index in [1.165, 1.54) is 5.56 Å². The van der Waals surface area contributed by atoms with Crippen molar-refractivity contribution in [2.45, 2.75) is 6.54 Å². The fourth-order valence-corrected chi connectivity index (χ4v) is 3.13. The maximum Gasteiger partial charge on any atom is 0.151 e. The average Bonchev–Trinajstić information content (AvgIpc) is 2.49. The fourth-order valence-electron chi connectivity index (χ4n) is 2.68. The van der Waals surface area contributed by atoms with E-state index >= 15 is 0 Å². The molecule has 0 saturated carbocycles. The molecule has 21 heavy (non-hydrogen) atoms. The molecule has 0 aliphatic carbocycles. The quantitative estimate of drug-likeness (QED) is 0.928. The second kappa shape index (κ2) is 6.45. The lowest BCUT2D eigenvalue weighted by atomic mass is 10.2. The third kappa shape index (κ3) is 3.54. The van der Waals surface area contributed by atoms with E-state index < -0.39 is 0 Å². The van der Waals surface area contributed by atoms with Crippen LogP contribution in [0.5, 0.6) is 0 Å². The third-order valence-electron chi connectivity index (χ3n) is 3.78. The zero-order chi connectivity index (χ0) is 14.7. The Labute approximate surface area is 133 Å².